The highest BCUT2D eigenvalue weighted by molar-refractivity contribution is 6.30. The van der Waals surface area contributed by atoms with E-state index >= 15 is 0 Å². The number of rotatable bonds is 7. The minimum atomic E-state index is -0.502. The van der Waals surface area contributed by atoms with Gasteiger partial charge in [-0.25, -0.2) is 4.39 Å². The fourth-order valence-corrected chi connectivity index (χ4v) is 5.24. The van der Waals surface area contributed by atoms with Crippen molar-refractivity contribution in [2.75, 3.05) is 0 Å². The highest BCUT2D eigenvalue weighted by atomic mass is 35.5. The zero-order chi connectivity index (χ0) is 19.9. The Kier molecular flexibility index (Phi) is 7.96. The van der Waals surface area contributed by atoms with E-state index in [1.807, 2.05) is 6.08 Å². The normalized spacial score (nSPS) is 27.9. The lowest BCUT2D eigenvalue weighted by Crippen LogP contribution is -2.30. The molecule has 0 radical (unpaired) electrons. The number of hydrogen-bond donors (Lipinski definition) is 0. The zero-order valence-corrected chi connectivity index (χ0v) is 17.4. The van der Waals surface area contributed by atoms with Gasteiger partial charge in [0.05, 0.1) is 10.9 Å². The predicted molar refractivity (Wildman–Crippen MR) is 112 cm³/mol. The van der Waals surface area contributed by atoms with Crippen LogP contribution in [0.3, 0.4) is 0 Å². The predicted octanol–water partition coefficient (Wildman–Crippen LogP) is 7.35. The van der Waals surface area contributed by atoms with Crippen molar-refractivity contribution >= 4 is 17.6 Å². The van der Waals surface area contributed by atoms with Crippen molar-refractivity contribution in [1.82, 2.24) is 0 Å². The molecule has 0 bridgehead atoms. The summed E-state index contributed by atoms with van der Waals surface area (Å²) in [5, 5.41) is -0.0193. The molecule has 0 heterocycles. The third-order valence-corrected chi connectivity index (χ3v) is 7.08. The van der Waals surface area contributed by atoms with Crippen LogP contribution in [0.5, 0.6) is 5.75 Å². The lowest BCUT2D eigenvalue weighted by molar-refractivity contribution is -0.140. The van der Waals surface area contributed by atoms with Crippen molar-refractivity contribution < 1.29 is 13.9 Å². The monoisotopic (exact) mass is 406 g/mol. The van der Waals surface area contributed by atoms with Crippen LogP contribution in [0.4, 0.5) is 4.39 Å². The number of esters is 1. The van der Waals surface area contributed by atoms with E-state index in [1.54, 1.807) is 0 Å². The SMILES string of the molecule is C=CCCC[C@H]1CC[C@H]([C@H]2CC[C@H](C(=O)Oc3ccc(F)c(Cl)c3)CC2)CC1. The zero-order valence-electron chi connectivity index (χ0n) is 16.7. The minimum Gasteiger partial charge on any atom is -0.426 e. The molecule has 2 fully saturated rings. The van der Waals surface area contributed by atoms with Crippen molar-refractivity contribution in [1.29, 1.82) is 0 Å². The molecule has 154 valence electrons. The molecule has 0 N–H and O–H groups in total. The third-order valence-electron chi connectivity index (χ3n) is 6.79. The molecule has 2 aliphatic carbocycles. The van der Waals surface area contributed by atoms with E-state index in [0.29, 0.717) is 5.75 Å². The lowest BCUT2D eigenvalue weighted by atomic mass is 9.68. The summed E-state index contributed by atoms with van der Waals surface area (Å²) in [5.74, 6) is 2.08. The van der Waals surface area contributed by atoms with Gasteiger partial charge >= 0.3 is 5.97 Å². The molecular weight excluding hydrogens is 375 g/mol. The number of halogens is 2. The summed E-state index contributed by atoms with van der Waals surface area (Å²) in [6.45, 7) is 3.81. The van der Waals surface area contributed by atoms with E-state index in [4.69, 9.17) is 16.3 Å². The van der Waals surface area contributed by atoms with Crippen molar-refractivity contribution in [3.8, 4) is 5.75 Å². The van der Waals surface area contributed by atoms with Gasteiger partial charge in [0.2, 0.25) is 0 Å². The topological polar surface area (TPSA) is 26.3 Å². The average molecular weight is 407 g/mol. The molecule has 0 aromatic heterocycles. The van der Waals surface area contributed by atoms with Gasteiger partial charge in [0.1, 0.15) is 11.6 Å². The van der Waals surface area contributed by atoms with Crippen LogP contribution in [0, 0.1) is 29.5 Å². The number of benzene rings is 1. The van der Waals surface area contributed by atoms with Crippen LogP contribution in [0.15, 0.2) is 30.9 Å². The number of allylic oxidation sites excluding steroid dienone is 1. The summed E-state index contributed by atoms with van der Waals surface area (Å²) in [7, 11) is 0. The second-order valence-corrected chi connectivity index (χ2v) is 9.02. The lowest BCUT2D eigenvalue weighted by Gasteiger charge is -2.37. The number of hydrogen-bond acceptors (Lipinski definition) is 2. The fraction of sp³-hybridized carbons (Fsp3) is 0.625. The molecular formula is C24H32ClFO2. The van der Waals surface area contributed by atoms with E-state index in [0.717, 1.165) is 49.9 Å². The summed E-state index contributed by atoms with van der Waals surface area (Å²) in [4.78, 5) is 12.4. The first-order valence-electron chi connectivity index (χ1n) is 10.8. The molecule has 1 aromatic rings. The van der Waals surface area contributed by atoms with Crippen molar-refractivity contribution in [3.63, 3.8) is 0 Å². The Labute approximate surface area is 173 Å². The average Bonchev–Trinajstić information content (AvgIpc) is 2.72. The molecule has 28 heavy (non-hydrogen) atoms. The molecule has 0 amide bonds. The first-order chi connectivity index (χ1) is 13.6. The Hall–Kier alpha value is -1.35. The number of carbonyl (C=O) groups excluding carboxylic acids is 1. The van der Waals surface area contributed by atoms with Gasteiger partial charge < -0.3 is 4.74 Å². The summed E-state index contributed by atoms with van der Waals surface area (Å²) in [6, 6.07) is 4.06. The van der Waals surface area contributed by atoms with Crippen molar-refractivity contribution in [2.45, 2.75) is 70.6 Å². The van der Waals surface area contributed by atoms with Gasteiger partial charge in [-0.1, -0.05) is 36.9 Å². The van der Waals surface area contributed by atoms with Gasteiger partial charge in [-0.05, 0) is 81.3 Å². The molecule has 0 saturated heterocycles. The number of ether oxygens (including phenoxy) is 1. The Bertz CT molecular complexity index is 659. The standard InChI is InChI=1S/C24H32ClFO2/c1-2-3-4-5-17-6-8-18(9-7-17)19-10-12-20(13-11-19)24(27)28-21-14-15-23(26)22(25)16-21/h2,14-20H,1,3-13H2/t17-,18-,19-,20-. The molecule has 4 heteroatoms. The van der Waals surface area contributed by atoms with Crippen molar-refractivity contribution in [2.24, 2.45) is 23.7 Å². The molecule has 2 saturated carbocycles. The Morgan fingerprint density at radius 3 is 2.36 bits per heavy atom. The molecule has 0 spiro atoms. The maximum atomic E-state index is 13.2. The first kappa shape index (κ1) is 21.4. The van der Waals surface area contributed by atoms with E-state index in [9.17, 15) is 9.18 Å². The second-order valence-electron chi connectivity index (χ2n) is 8.61. The van der Waals surface area contributed by atoms with Crippen LogP contribution in [0.2, 0.25) is 5.02 Å². The molecule has 3 rings (SSSR count). The quantitative estimate of drug-likeness (QED) is 0.205. The largest absolute Gasteiger partial charge is 0.426 e. The van der Waals surface area contributed by atoms with E-state index in [-0.39, 0.29) is 16.9 Å². The maximum Gasteiger partial charge on any atom is 0.314 e. The smallest absolute Gasteiger partial charge is 0.314 e. The van der Waals surface area contributed by atoms with E-state index in [1.165, 1.54) is 56.7 Å². The van der Waals surface area contributed by atoms with Gasteiger partial charge in [-0.3, -0.25) is 4.79 Å². The van der Waals surface area contributed by atoms with Crippen LogP contribution in [0.25, 0.3) is 0 Å². The Morgan fingerprint density at radius 2 is 1.75 bits per heavy atom. The van der Waals surface area contributed by atoms with Gasteiger partial charge in [0.25, 0.3) is 0 Å². The molecule has 2 nitrogen and oxygen atoms in total. The van der Waals surface area contributed by atoms with Crippen LogP contribution in [0.1, 0.15) is 70.6 Å². The third kappa shape index (κ3) is 5.83. The summed E-state index contributed by atoms with van der Waals surface area (Å²) < 4.78 is 18.7. The molecule has 0 aliphatic heterocycles. The highest BCUT2D eigenvalue weighted by Gasteiger charge is 2.33. The highest BCUT2D eigenvalue weighted by Crippen LogP contribution is 2.42. The fourth-order valence-electron chi connectivity index (χ4n) is 5.07. The molecule has 2 aliphatic rings. The maximum absolute atomic E-state index is 13.2. The van der Waals surface area contributed by atoms with Gasteiger partial charge in [0.15, 0.2) is 0 Å². The van der Waals surface area contributed by atoms with Crippen LogP contribution >= 0.6 is 11.6 Å². The first-order valence-corrected chi connectivity index (χ1v) is 11.2. The van der Waals surface area contributed by atoms with Crippen molar-refractivity contribution in [3.05, 3.63) is 41.7 Å². The summed E-state index contributed by atoms with van der Waals surface area (Å²) in [5.41, 5.74) is 0. The summed E-state index contributed by atoms with van der Waals surface area (Å²) in [6.07, 6.45) is 15.3. The Balaban J connectivity index is 1.40. The number of unbranched alkanes of at least 4 members (excludes halogenated alkanes) is 1. The molecule has 0 unspecified atom stereocenters. The Morgan fingerprint density at radius 1 is 1.11 bits per heavy atom. The van der Waals surface area contributed by atoms with Gasteiger partial charge in [0, 0.05) is 6.07 Å². The van der Waals surface area contributed by atoms with Crippen LogP contribution < -0.4 is 4.74 Å². The summed E-state index contributed by atoms with van der Waals surface area (Å²) >= 11 is 5.76. The van der Waals surface area contributed by atoms with Crippen LogP contribution in [-0.2, 0) is 4.79 Å². The van der Waals surface area contributed by atoms with E-state index < -0.39 is 5.82 Å². The second kappa shape index (κ2) is 10.4. The molecule has 0 atom stereocenters. The minimum absolute atomic E-state index is 0.0193. The van der Waals surface area contributed by atoms with Gasteiger partial charge in [-0.15, -0.1) is 6.58 Å². The van der Waals surface area contributed by atoms with E-state index in [2.05, 4.69) is 6.58 Å². The van der Waals surface area contributed by atoms with Crippen LogP contribution in [-0.4, -0.2) is 5.97 Å². The molecule has 1 aromatic carbocycles. The number of carbonyl (C=O) groups is 1. The van der Waals surface area contributed by atoms with Gasteiger partial charge in [-0.2, -0.15) is 0 Å².